The van der Waals surface area contributed by atoms with Gasteiger partial charge in [0.25, 0.3) is 0 Å². The van der Waals surface area contributed by atoms with E-state index in [0.717, 1.165) is 62.0 Å². The zero-order valence-corrected chi connectivity index (χ0v) is 19.7. The van der Waals surface area contributed by atoms with Crippen LogP contribution in [0.4, 0.5) is 11.4 Å². The summed E-state index contributed by atoms with van der Waals surface area (Å²) in [4.78, 5) is 9.78. The third-order valence-electron chi connectivity index (χ3n) is 5.13. The molecule has 0 spiro atoms. The van der Waals surface area contributed by atoms with Gasteiger partial charge in [-0.1, -0.05) is 53.2 Å². The summed E-state index contributed by atoms with van der Waals surface area (Å²) >= 11 is 0. The number of hydrogen-bond donors (Lipinski definition) is 0. The van der Waals surface area contributed by atoms with Crippen LogP contribution in [0.1, 0.15) is 76.1 Å². The van der Waals surface area contributed by atoms with E-state index in [4.69, 9.17) is 9.98 Å². The van der Waals surface area contributed by atoms with Gasteiger partial charge in [-0.3, -0.25) is 9.98 Å². The molecule has 0 bridgehead atoms. The van der Waals surface area contributed by atoms with E-state index in [0.29, 0.717) is 0 Å². The van der Waals surface area contributed by atoms with Gasteiger partial charge in [0.05, 0.1) is 17.1 Å². The monoisotopic (exact) mass is 434 g/mol. The zero-order chi connectivity index (χ0) is 20.4. The first-order chi connectivity index (χ1) is 13.6. The molecule has 0 N–H and O–H groups in total. The number of hydrogen-bond acceptors (Lipinski definition) is 2. The Hall–Kier alpha value is -1.73. The number of benzene rings is 2. The first-order valence-corrected chi connectivity index (χ1v) is 11.0. The van der Waals surface area contributed by atoms with Gasteiger partial charge in [-0.25, -0.2) is 0 Å². The summed E-state index contributed by atoms with van der Waals surface area (Å²) in [5, 5.41) is 0. The summed E-state index contributed by atoms with van der Waals surface area (Å²) in [5.74, 6) is 0. The molecule has 3 heteroatoms. The van der Waals surface area contributed by atoms with E-state index in [-0.39, 0.29) is 16.5 Å². The maximum absolute atomic E-state index is 4.98. The Kier molecular flexibility index (Phi) is 11.8. The largest absolute Gasteiger partial charge is 0.255 e. The van der Waals surface area contributed by atoms with Crippen molar-refractivity contribution in [1.29, 1.82) is 0 Å². The maximum atomic E-state index is 4.98. The van der Waals surface area contributed by atoms with Crippen LogP contribution in [-0.4, -0.2) is 11.9 Å². The van der Waals surface area contributed by atoms with Gasteiger partial charge in [0, 0.05) is 22.7 Å². The third-order valence-corrected chi connectivity index (χ3v) is 5.13. The Labute approximate surface area is 187 Å². The van der Waals surface area contributed by atoms with E-state index in [1.54, 1.807) is 0 Å². The molecule has 0 saturated carbocycles. The van der Waals surface area contributed by atoms with Gasteiger partial charge in [0.1, 0.15) is 0 Å². The van der Waals surface area contributed by atoms with Gasteiger partial charge < -0.3 is 0 Å². The molecule has 2 aromatic carbocycles. The Morgan fingerprint density at radius 2 is 1.14 bits per heavy atom. The number of aliphatic imine (C=N–C) groups is 2. The number of nitrogens with zero attached hydrogens (tertiary/aromatic N) is 2. The minimum Gasteiger partial charge on any atom is -0.255 e. The van der Waals surface area contributed by atoms with Crippen LogP contribution >= 0.6 is 0 Å². The van der Waals surface area contributed by atoms with E-state index in [9.17, 15) is 0 Å². The van der Waals surface area contributed by atoms with Crippen LogP contribution in [0.3, 0.4) is 0 Å². The Balaban J connectivity index is 0.00000420. The van der Waals surface area contributed by atoms with Gasteiger partial charge in [0.15, 0.2) is 0 Å². The summed E-state index contributed by atoms with van der Waals surface area (Å²) in [6.07, 6.45) is 9.39. The van der Waals surface area contributed by atoms with E-state index >= 15 is 0 Å². The average molecular weight is 435 g/mol. The average Bonchev–Trinajstić information content (AvgIpc) is 2.74. The van der Waals surface area contributed by atoms with Crippen molar-refractivity contribution in [3.63, 3.8) is 0 Å². The Bertz CT molecular complexity index is 777. The van der Waals surface area contributed by atoms with E-state index in [1.165, 1.54) is 22.3 Å². The molecule has 0 heterocycles. The fourth-order valence-corrected chi connectivity index (χ4v) is 3.26. The van der Waals surface area contributed by atoms with Gasteiger partial charge in [-0.15, -0.1) is 0 Å². The number of rotatable bonds is 10. The molecule has 0 aliphatic carbocycles. The van der Waals surface area contributed by atoms with Crippen LogP contribution in [0.2, 0.25) is 0 Å². The SMILES string of the molecule is CCCCC(/C=N/c1cc(CC)cc(CC)c1)=N\c1cc(CC)cc(CC)c1.[Ni]. The summed E-state index contributed by atoms with van der Waals surface area (Å²) in [6.45, 7) is 11.0. The molecular weight excluding hydrogens is 399 g/mol. The van der Waals surface area contributed by atoms with Crippen molar-refractivity contribution < 1.29 is 16.5 Å². The van der Waals surface area contributed by atoms with Gasteiger partial charge in [-0.2, -0.15) is 0 Å². The smallest absolute Gasteiger partial charge is 0.0639 e. The van der Waals surface area contributed by atoms with Crippen molar-refractivity contribution in [2.45, 2.75) is 79.6 Å². The fraction of sp³-hybridized carbons (Fsp3) is 0.462. The number of unbranched alkanes of at least 4 members (excludes halogenated alkanes) is 1. The first-order valence-electron chi connectivity index (χ1n) is 11.0. The molecule has 0 atom stereocenters. The van der Waals surface area contributed by atoms with E-state index in [1.807, 2.05) is 6.21 Å². The molecule has 2 nitrogen and oxygen atoms in total. The quantitative estimate of drug-likeness (QED) is 0.271. The summed E-state index contributed by atoms with van der Waals surface area (Å²) < 4.78 is 0. The molecule has 0 fully saturated rings. The van der Waals surface area contributed by atoms with Crippen molar-refractivity contribution in [2.75, 3.05) is 0 Å². The van der Waals surface area contributed by atoms with Crippen LogP contribution in [0, 0.1) is 0 Å². The van der Waals surface area contributed by atoms with Crippen LogP contribution < -0.4 is 0 Å². The minimum absolute atomic E-state index is 0. The van der Waals surface area contributed by atoms with Gasteiger partial charge in [0.2, 0.25) is 0 Å². The van der Waals surface area contributed by atoms with E-state index in [2.05, 4.69) is 71.0 Å². The zero-order valence-electron chi connectivity index (χ0n) is 18.7. The van der Waals surface area contributed by atoms with Crippen LogP contribution in [-0.2, 0) is 42.2 Å². The summed E-state index contributed by atoms with van der Waals surface area (Å²) in [5.41, 5.74) is 8.57. The standard InChI is InChI=1S/C26H36N2.Ni/c1-6-11-12-24(28-26-17-22(9-4)14-23(10-5)18-26)19-27-25-15-20(7-2)13-21(8-3)16-25;/h13-19H,6-12H2,1-5H3;/b27-19+,28-24+;. The minimum atomic E-state index is 0. The molecule has 0 saturated heterocycles. The second-order valence-electron chi connectivity index (χ2n) is 7.39. The van der Waals surface area contributed by atoms with Crippen LogP contribution in [0.15, 0.2) is 46.4 Å². The van der Waals surface area contributed by atoms with Gasteiger partial charge >= 0.3 is 0 Å². The summed E-state index contributed by atoms with van der Waals surface area (Å²) in [6, 6.07) is 13.4. The first kappa shape index (κ1) is 25.3. The number of aryl methyl sites for hydroxylation is 4. The predicted molar refractivity (Wildman–Crippen MR) is 125 cm³/mol. The van der Waals surface area contributed by atoms with Crippen molar-refractivity contribution in [1.82, 2.24) is 0 Å². The molecule has 0 radical (unpaired) electrons. The molecule has 0 aliphatic rings. The molecule has 2 rings (SSSR count). The molecule has 2 aromatic rings. The Morgan fingerprint density at radius 3 is 1.55 bits per heavy atom. The van der Waals surface area contributed by atoms with Crippen LogP contribution in [0.5, 0.6) is 0 Å². The molecule has 29 heavy (non-hydrogen) atoms. The molecule has 0 aliphatic heterocycles. The van der Waals surface area contributed by atoms with Crippen molar-refractivity contribution in [3.05, 3.63) is 58.7 Å². The van der Waals surface area contributed by atoms with Gasteiger partial charge in [-0.05, 0) is 85.0 Å². The van der Waals surface area contributed by atoms with E-state index < -0.39 is 0 Å². The van der Waals surface area contributed by atoms with Crippen molar-refractivity contribution in [2.24, 2.45) is 9.98 Å². The van der Waals surface area contributed by atoms with Crippen molar-refractivity contribution >= 4 is 23.3 Å². The molecule has 0 unspecified atom stereocenters. The Morgan fingerprint density at radius 1 is 0.690 bits per heavy atom. The fourth-order valence-electron chi connectivity index (χ4n) is 3.26. The second-order valence-corrected chi connectivity index (χ2v) is 7.39. The molecule has 0 aromatic heterocycles. The molecule has 160 valence electrons. The topological polar surface area (TPSA) is 24.7 Å². The summed E-state index contributed by atoms with van der Waals surface area (Å²) in [7, 11) is 0. The molecule has 0 amide bonds. The third kappa shape index (κ3) is 8.27. The normalized spacial score (nSPS) is 11.7. The van der Waals surface area contributed by atoms with Crippen LogP contribution in [0.25, 0.3) is 0 Å². The molecular formula is C26H36N2Ni. The van der Waals surface area contributed by atoms with Crippen molar-refractivity contribution in [3.8, 4) is 0 Å². The second kappa shape index (κ2) is 13.5. The predicted octanol–water partition coefficient (Wildman–Crippen LogP) is 7.60. The maximum Gasteiger partial charge on any atom is 0.0639 e.